The van der Waals surface area contributed by atoms with Crippen LogP contribution in [-0.4, -0.2) is 77.5 Å². The van der Waals surface area contributed by atoms with E-state index in [1.165, 1.54) is 8.61 Å². The minimum absolute atomic E-state index is 0.106. The third-order valence-electron chi connectivity index (χ3n) is 5.24. The van der Waals surface area contributed by atoms with Gasteiger partial charge in [0.05, 0.1) is 62.5 Å². The molecular weight excluding hydrogens is 386 g/mol. The van der Waals surface area contributed by atoms with Crippen LogP contribution in [-0.2, 0) is 32.8 Å². The average molecular weight is 414 g/mol. The number of carbonyl (C=O) groups excluding carboxylic acids is 1. The maximum absolute atomic E-state index is 13.0. The van der Waals surface area contributed by atoms with Gasteiger partial charge in [-0.2, -0.15) is 17.8 Å². The maximum atomic E-state index is 13.0. The smallest absolute Gasteiger partial charge is 0.410 e. The number of amides is 1. The van der Waals surface area contributed by atoms with Crippen LogP contribution in [0.15, 0.2) is 6.20 Å². The van der Waals surface area contributed by atoms with E-state index in [-0.39, 0.29) is 18.6 Å². The Labute approximate surface area is 165 Å². The van der Waals surface area contributed by atoms with E-state index in [4.69, 9.17) is 9.47 Å². The van der Waals surface area contributed by atoms with Crippen LogP contribution in [0.25, 0.3) is 0 Å². The van der Waals surface area contributed by atoms with Gasteiger partial charge in [0, 0.05) is 6.54 Å². The Balaban J connectivity index is 1.63. The summed E-state index contributed by atoms with van der Waals surface area (Å²) in [6.07, 6.45) is 1.17. The van der Waals surface area contributed by atoms with Crippen molar-refractivity contribution in [1.29, 1.82) is 0 Å². The molecule has 2 saturated heterocycles. The number of nitrogens with zero attached hydrogens (tertiary/aromatic N) is 5. The number of fused-ring (bicyclic) bond motifs is 2. The molecule has 0 bridgehead atoms. The van der Waals surface area contributed by atoms with Gasteiger partial charge in [0.15, 0.2) is 0 Å². The number of ether oxygens (including phenoxy) is 2. The van der Waals surface area contributed by atoms with Gasteiger partial charge in [0.1, 0.15) is 5.60 Å². The number of hydrogen-bond donors (Lipinski definition) is 0. The van der Waals surface area contributed by atoms with E-state index >= 15 is 0 Å². The lowest BCUT2D eigenvalue weighted by molar-refractivity contribution is 0.00914. The number of morpholine rings is 1. The van der Waals surface area contributed by atoms with E-state index in [1.807, 2.05) is 27.7 Å². The molecule has 1 aromatic rings. The molecule has 1 unspecified atom stereocenters. The van der Waals surface area contributed by atoms with Crippen LogP contribution in [0.2, 0.25) is 0 Å². The van der Waals surface area contributed by atoms with Crippen LogP contribution in [0.4, 0.5) is 10.5 Å². The summed E-state index contributed by atoms with van der Waals surface area (Å²) in [6.45, 7) is 9.60. The predicted octanol–water partition coefficient (Wildman–Crippen LogP) is 0.788. The van der Waals surface area contributed by atoms with Gasteiger partial charge in [-0.25, -0.2) is 4.79 Å². The molecule has 0 aromatic carbocycles. The zero-order valence-electron chi connectivity index (χ0n) is 16.7. The largest absolute Gasteiger partial charge is 0.444 e. The number of rotatable bonds is 1. The van der Waals surface area contributed by atoms with E-state index in [0.717, 1.165) is 0 Å². The molecule has 4 heterocycles. The first-order valence-electron chi connectivity index (χ1n) is 9.49. The molecule has 10 nitrogen and oxygen atoms in total. The molecular formula is C17H27N5O5S. The first-order chi connectivity index (χ1) is 13.1. The first-order valence-corrected chi connectivity index (χ1v) is 10.9. The van der Waals surface area contributed by atoms with Crippen LogP contribution in [0.1, 0.15) is 33.4 Å². The van der Waals surface area contributed by atoms with Crippen molar-refractivity contribution in [3.63, 3.8) is 0 Å². The summed E-state index contributed by atoms with van der Waals surface area (Å²) >= 11 is 0. The fraction of sp³-hybridized carbons (Fsp3) is 0.765. The first kappa shape index (κ1) is 19.5. The molecule has 0 aliphatic carbocycles. The highest BCUT2D eigenvalue weighted by atomic mass is 32.2. The molecule has 0 saturated carbocycles. The van der Waals surface area contributed by atoms with Crippen molar-refractivity contribution < 1.29 is 22.7 Å². The summed E-state index contributed by atoms with van der Waals surface area (Å²) in [5.74, 6) is 0. The second-order valence-electron chi connectivity index (χ2n) is 8.49. The van der Waals surface area contributed by atoms with Crippen LogP contribution < -0.4 is 4.31 Å². The third kappa shape index (κ3) is 3.25. The lowest BCUT2D eigenvalue weighted by Gasteiger charge is -2.36. The minimum atomic E-state index is -3.63. The molecule has 0 N–H and O–H groups in total. The van der Waals surface area contributed by atoms with Crippen molar-refractivity contribution in [3.8, 4) is 0 Å². The van der Waals surface area contributed by atoms with Crippen molar-refractivity contribution in [2.75, 3.05) is 30.6 Å². The topological polar surface area (TPSA) is 97.2 Å². The third-order valence-corrected chi connectivity index (χ3v) is 7.21. The standard InChI is InChI=1S/C17H27N5O5S/c1-12-8-20-15(10-19(12)16(23)27-17(2,3)4)14(7-18-20)22-9-13-11-26-6-5-21(13)28(22,24)25/h7,12-13H,5-6,8-11H2,1-4H3/t12-,13?/m0/s1. The highest BCUT2D eigenvalue weighted by Crippen LogP contribution is 2.35. The predicted molar refractivity (Wildman–Crippen MR) is 101 cm³/mol. The lowest BCUT2D eigenvalue weighted by Crippen LogP contribution is -2.47. The number of aromatic nitrogens is 2. The summed E-state index contributed by atoms with van der Waals surface area (Å²) < 4.78 is 41.7. The summed E-state index contributed by atoms with van der Waals surface area (Å²) in [4.78, 5) is 14.3. The van der Waals surface area contributed by atoms with Crippen molar-refractivity contribution in [2.24, 2.45) is 0 Å². The van der Waals surface area contributed by atoms with Gasteiger partial charge in [-0.15, -0.1) is 0 Å². The summed E-state index contributed by atoms with van der Waals surface area (Å²) in [6, 6.07) is -0.302. The van der Waals surface area contributed by atoms with Gasteiger partial charge >= 0.3 is 16.3 Å². The van der Waals surface area contributed by atoms with Gasteiger partial charge in [0.2, 0.25) is 0 Å². The molecule has 1 aromatic heterocycles. The normalized spacial score (nSPS) is 27.4. The molecule has 0 spiro atoms. The summed E-state index contributed by atoms with van der Waals surface area (Å²) in [7, 11) is -3.63. The van der Waals surface area contributed by atoms with Crippen LogP contribution >= 0.6 is 0 Å². The summed E-state index contributed by atoms with van der Waals surface area (Å²) in [5, 5.41) is 4.38. The highest BCUT2D eigenvalue weighted by molar-refractivity contribution is 7.90. The Morgan fingerprint density at radius 2 is 2.07 bits per heavy atom. The Bertz CT molecular complexity index is 877. The van der Waals surface area contributed by atoms with Crippen LogP contribution in [0.3, 0.4) is 0 Å². The van der Waals surface area contributed by atoms with E-state index in [9.17, 15) is 13.2 Å². The average Bonchev–Trinajstić information content (AvgIpc) is 3.10. The Hall–Kier alpha value is -1.85. The molecule has 2 atom stereocenters. The number of hydrogen-bond acceptors (Lipinski definition) is 6. The van der Waals surface area contributed by atoms with Gasteiger partial charge in [0.25, 0.3) is 0 Å². The molecule has 2 fully saturated rings. The number of anilines is 1. The zero-order valence-corrected chi connectivity index (χ0v) is 17.5. The molecule has 28 heavy (non-hydrogen) atoms. The second-order valence-corrected chi connectivity index (χ2v) is 10.3. The molecule has 0 radical (unpaired) electrons. The van der Waals surface area contributed by atoms with Crippen molar-refractivity contribution in [1.82, 2.24) is 19.0 Å². The fourth-order valence-electron chi connectivity index (χ4n) is 3.88. The van der Waals surface area contributed by atoms with E-state index in [0.29, 0.717) is 44.2 Å². The lowest BCUT2D eigenvalue weighted by atomic mass is 10.2. The van der Waals surface area contributed by atoms with E-state index < -0.39 is 21.9 Å². The molecule has 11 heteroatoms. The van der Waals surface area contributed by atoms with Gasteiger partial charge in [-0.3, -0.25) is 13.9 Å². The molecule has 3 aliphatic heterocycles. The van der Waals surface area contributed by atoms with E-state index in [1.54, 1.807) is 15.8 Å². The maximum Gasteiger partial charge on any atom is 0.410 e. The number of carbonyl (C=O) groups is 1. The fourth-order valence-corrected chi connectivity index (χ4v) is 5.71. The molecule has 156 valence electrons. The zero-order chi connectivity index (χ0) is 20.3. The second kappa shape index (κ2) is 6.60. The van der Waals surface area contributed by atoms with Crippen molar-refractivity contribution in [2.45, 2.75) is 58.5 Å². The Kier molecular flexibility index (Phi) is 4.59. The van der Waals surface area contributed by atoms with Gasteiger partial charge in [-0.05, 0) is 27.7 Å². The molecule has 1 amide bonds. The van der Waals surface area contributed by atoms with Crippen molar-refractivity contribution >= 4 is 22.0 Å². The Morgan fingerprint density at radius 1 is 1.32 bits per heavy atom. The van der Waals surface area contributed by atoms with Gasteiger partial charge < -0.3 is 9.47 Å². The van der Waals surface area contributed by atoms with Crippen molar-refractivity contribution in [3.05, 3.63) is 11.9 Å². The molecule has 4 rings (SSSR count). The minimum Gasteiger partial charge on any atom is -0.444 e. The summed E-state index contributed by atoms with van der Waals surface area (Å²) in [5.41, 5.74) is 0.627. The Morgan fingerprint density at radius 3 is 2.75 bits per heavy atom. The quantitative estimate of drug-likeness (QED) is 0.675. The molecule has 3 aliphatic rings. The SMILES string of the molecule is C[C@H]1Cn2ncc(N3CC4COCCN4S3(=O)=O)c2CN1C(=O)OC(C)(C)C. The van der Waals surface area contributed by atoms with Crippen LogP contribution in [0.5, 0.6) is 0 Å². The monoisotopic (exact) mass is 413 g/mol. The highest BCUT2D eigenvalue weighted by Gasteiger charge is 2.47. The van der Waals surface area contributed by atoms with E-state index in [2.05, 4.69) is 5.10 Å². The van der Waals surface area contributed by atoms with Gasteiger partial charge in [-0.1, -0.05) is 0 Å². The van der Waals surface area contributed by atoms with Crippen LogP contribution in [0, 0.1) is 0 Å².